The van der Waals surface area contributed by atoms with Crippen LogP contribution in [-0.2, 0) is 9.53 Å². The number of nitrogens with zero attached hydrogens (tertiary/aromatic N) is 2. The van der Waals surface area contributed by atoms with Gasteiger partial charge in [0.15, 0.2) is 5.96 Å². The lowest BCUT2D eigenvalue weighted by Gasteiger charge is -2.40. The SMILES string of the molecule is CN=C(NCCCCN1CCC(C(N)=O)CC1)NCC1CCCOC1C(C)(C)C. The Balaban J connectivity index is 1.60. The molecule has 2 unspecified atom stereocenters. The monoisotopic (exact) mass is 409 g/mol. The second kappa shape index (κ2) is 11.7. The van der Waals surface area contributed by atoms with Gasteiger partial charge in [0.1, 0.15) is 0 Å². The molecule has 0 aromatic carbocycles. The Bertz CT molecular complexity index is 524. The Morgan fingerprint density at radius 1 is 1.17 bits per heavy atom. The average Bonchev–Trinajstić information content (AvgIpc) is 2.70. The highest BCUT2D eigenvalue weighted by Crippen LogP contribution is 2.33. The number of amides is 1. The second-order valence-corrected chi connectivity index (χ2v) is 9.67. The highest BCUT2D eigenvalue weighted by molar-refractivity contribution is 5.79. The molecule has 2 atom stereocenters. The predicted molar refractivity (Wildman–Crippen MR) is 119 cm³/mol. The summed E-state index contributed by atoms with van der Waals surface area (Å²) in [5.41, 5.74) is 5.57. The topological polar surface area (TPSA) is 92.0 Å². The molecule has 168 valence electrons. The first-order chi connectivity index (χ1) is 13.8. The van der Waals surface area contributed by atoms with Gasteiger partial charge in [-0.05, 0) is 63.6 Å². The van der Waals surface area contributed by atoms with E-state index in [1.165, 1.54) is 6.42 Å². The molecule has 0 saturated carbocycles. The summed E-state index contributed by atoms with van der Waals surface area (Å²) in [7, 11) is 1.83. The Morgan fingerprint density at radius 2 is 1.90 bits per heavy atom. The van der Waals surface area contributed by atoms with Crippen molar-refractivity contribution in [3.63, 3.8) is 0 Å². The number of likely N-dealkylation sites (tertiary alicyclic amines) is 1. The van der Waals surface area contributed by atoms with Crippen LogP contribution in [0.5, 0.6) is 0 Å². The summed E-state index contributed by atoms with van der Waals surface area (Å²) in [6, 6.07) is 0. The molecular weight excluding hydrogens is 366 g/mol. The van der Waals surface area contributed by atoms with Crippen molar-refractivity contribution < 1.29 is 9.53 Å². The van der Waals surface area contributed by atoms with E-state index in [0.29, 0.717) is 12.0 Å². The lowest BCUT2D eigenvalue weighted by atomic mass is 9.78. The van der Waals surface area contributed by atoms with Crippen LogP contribution in [0.3, 0.4) is 0 Å². The molecule has 1 amide bonds. The van der Waals surface area contributed by atoms with Crippen LogP contribution < -0.4 is 16.4 Å². The average molecular weight is 410 g/mol. The highest BCUT2D eigenvalue weighted by Gasteiger charge is 2.35. The van der Waals surface area contributed by atoms with Crippen LogP contribution in [0.25, 0.3) is 0 Å². The van der Waals surface area contributed by atoms with Gasteiger partial charge in [0.2, 0.25) is 5.91 Å². The first-order valence-electron chi connectivity index (χ1n) is 11.4. The van der Waals surface area contributed by atoms with Gasteiger partial charge in [-0.1, -0.05) is 20.8 Å². The Hall–Kier alpha value is -1.34. The molecule has 2 heterocycles. The van der Waals surface area contributed by atoms with E-state index in [4.69, 9.17) is 10.5 Å². The van der Waals surface area contributed by atoms with Crippen LogP contribution in [0.1, 0.15) is 59.3 Å². The fraction of sp³-hybridized carbons (Fsp3) is 0.909. The number of carbonyl (C=O) groups is 1. The fourth-order valence-electron chi connectivity index (χ4n) is 4.57. The number of hydrogen-bond acceptors (Lipinski definition) is 4. The molecule has 0 spiro atoms. The molecule has 4 N–H and O–H groups in total. The van der Waals surface area contributed by atoms with E-state index in [0.717, 1.165) is 77.4 Å². The molecule has 2 fully saturated rings. The number of unbranched alkanes of at least 4 members (excludes halogenated alkanes) is 1. The van der Waals surface area contributed by atoms with Gasteiger partial charge in [0.05, 0.1) is 6.10 Å². The highest BCUT2D eigenvalue weighted by atomic mass is 16.5. The number of hydrogen-bond donors (Lipinski definition) is 3. The zero-order chi connectivity index (χ0) is 21.3. The minimum atomic E-state index is -0.138. The van der Waals surface area contributed by atoms with E-state index in [2.05, 4.69) is 41.3 Å². The van der Waals surface area contributed by atoms with Gasteiger partial charge >= 0.3 is 0 Å². The number of guanidine groups is 1. The summed E-state index contributed by atoms with van der Waals surface area (Å²) in [6.07, 6.45) is 6.71. The van der Waals surface area contributed by atoms with Crippen molar-refractivity contribution in [3.05, 3.63) is 0 Å². The van der Waals surface area contributed by atoms with Crippen LogP contribution >= 0.6 is 0 Å². The molecule has 2 aliphatic heterocycles. The zero-order valence-electron chi connectivity index (χ0n) is 19.0. The first kappa shape index (κ1) is 23.9. The zero-order valence-corrected chi connectivity index (χ0v) is 19.0. The lowest BCUT2D eigenvalue weighted by Crippen LogP contribution is -2.47. The van der Waals surface area contributed by atoms with Crippen LogP contribution in [0.4, 0.5) is 0 Å². The van der Waals surface area contributed by atoms with Gasteiger partial charge in [-0.2, -0.15) is 0 Å². The van der Waals surface area contributed by atoms with Crippen molar-refractivity contribution in [1.82, 2.24) is 15.5 Å². The number of piperidine rings is 1. The van der Waals surface area contributed by atoms with Crippen LogP contribution in [0, 0.1) is 17.3 Å². The van der Waals surface area contributed by atoms with E-state index in [1.807, 2.05) is 7.05 Å². The van der Waals surface area contributed by atoms with Crippen molar-refractivity contribution in [1.29, 1.82) is 0 Å². The largest absolute Gasteiger partial charge is 0.377 e. The van der Waals surface area contributed by atoms with E-state index in [-0.39, 0.29) is 17.2 Å². The lowest BCUT2D eigenvalue weighted by molar-refractivity contribution is -0.123. The molecular formula is C22H43N5O2. The summed E-state index contributed by atoms with van der Waals surface area (Å²) in [4.78, 5) is 18.1. The van der Waals surface area contributed by atoms with Crippen molar-refractivity contribution in [2.45, 2.75) is 65.4 Å². The van der Waals surface area contributed by atoms with E-state index < -0.39 is 0 Å². The summed E-state index contributed by atoms with van der Waals surface area (Å²) < 4.78 is 6.08. The van der Waals surface area contributed by atoms with Crippen molar-refractivity contribution in [2.75, 3.05) is 46.4 Å². The Kier molecular flexibility index (Phi) is 9.69. The molecule has 0 aromatic rings. The Morgan fingerprint density at radius 3 is 2.52 bits per heavy atom. The van der Waals surface area contributed by atoms with Gasteiger partial charge in [0, 0.05) is 38.6 Å². The summed E-state index contributed by atoms with van der Waals surface area (Å²) in [5.74, 6) is 1.34. The van der Waals surface area contributed by atoms with Gasteiger partial charge in [-0.15, -0.1) is 0 Å². The van der Waals surface area contributed by atoms with Crippen LogP contribution in [0.15, 0.2) is 4.99 Å². The maximum atomic E-state index is 11.2. The third-order valence-corrected chi connectivity index (χ3v) is 6.24. The number of aliphatic imine (C=N–C) groups is 1. The van der Waals surface area contributed by atoms with Gasteiger partial charge in [0.25, 0.3) is 0 Å². The molecule has 0 radical (unpaired) electrons. The van der Waals surface area contributed by atoms with E-state index >= 15 is 0 Å². The molecule has 0 aliphatic carbocycles. The summed E-state index contributed by atoms with van der Waals surface area (Å²) in [6.45, 7) is 12.6. The van der Waals surface area contributed by atoms with Crippen molar-refractivity contribution in [3.8, 4) is 0 Å². The number of carbonyl (C=O) groups excluding carboxylic acids is 1. The van der Waals surface area contributed by atoms with Crippen LogP contribution in [0.2, 0.25) is 0 Å². The smallest absolute Gasteiger partial charge is 0.220 e. The minimum absolute atomic E-state index is 0.0785. The molecule has 29 heavy (non-hydrogen) atoms. The quantitative estimate of drug-likeness (QED) is 0.324. The third-order valence-electron chi connectivity index (χ3n) is 6.24. The summed E-state index contributed by atoms with van der Waals surface area (Å²) in [5, 5.41) is 6.94. The molecule has 0 bridgehead atoms. The van der Waals surface area contributed by atoms with Crippen molar-refractivity contribution in [2.24, 2.45) is 28.0 Å². The third kappa shape index (κ3) is 8.13. The molecule has 7 nitrogen and oxygen atoms in total. The van der Waals surface area contributed by atoms with Gasteiger partial charge in [-0.3, -0.25) is 9.79 Å². The number of nitrogens with one attached hydrogen (secondary N) is 2. The standard InChI is InChI=1S/C22H43N5O2/c1-22(2,3)19-18(8-7-15-29-19)16-26-21(24-4)25-11-5-6-12-27-13-9-17(10-14-27)20(23)28/h17-19H,5-16H2,1-4H3,(H2,23,28)(H2,24,25,26). The maximum absolute atomic E-state index is 11.2. The first-order valence-corrected chi connectivity index (χ1v) is 11.4. The minimum Gasteiger partial charge on any atom is -0.377 e. The second-order valence-electron chi connectivity index (χ2n) is 9.67. The molecule has 2 rings (SSSR count). The molecule has 7 heteroatoms. The molecule has 0 aromatic heterocycles. The fourth-order valence-corrected chi connectivity index (χ4v) is 4.57. The molecule has 2 aliphatic rings. The van der Waals surface area contributed by atoms with Gasteiger partial charge < -0.3 is 26.0 Å². The van der Waals surface area contributed by atoms with Crippen LogP contribution in [-0.4, -0.2) is 69.2 Å². The van der Waals surface area contributed by atoms with E-state index in [1.54, 1.807) is 0 Å². The number of nitrogens with two attached hydrogens (primary N) is 1. The van der Waals surface area contributed by atoms with E-state index in [9.17, 15) is 4.79 Å². The maximum Gasteiger partial charge on any atom is 0.220 e. The van der Waals surface area contributed by atoms with Crippen molar-refractivity contribution >= 4 is 11.9 Å². The number of primary amides is 1. The predicted octanol–water partition coefficient (Wildman–Crippen LogP) is 1.97. The summed E-state index contributed by atoms with van der Waals surface area (Å²) >= 11 is 0. The normalized spacial score (nSPS) is 25.0. The number of rotatable bonds is 8. The van der Waals surface area contributed by atoms with Gasteiger partial charge in [-0.25, -0.2) is 0 Å². The Labute approximate surface area is 177 Å². The number of ether oxygens (including phenoxy) is 1. The molecule has 2 saturated heterocycles.